The summed E-state index contributed by atoms with van der Waals surface area (Å²) in [6.45, 7) is 4.58. The maximum atomic E-state index is 13.7. The van der Waals surface area contributed by atoms with Gasteiger partial charge < -0.3 is 21.4 Å². The molecular formula is C30H40N4O2. The van der Waals surface area contributed by atoms with Crippen molar-refractivity contribution in [1.29, 1.82) is 0 Å². The van der Waals surface area contributed by atoms with E-state index in [9.17, 15) is 9.59 Å². The van der Waals surface area contributed by atoms with E-state index in [-0.39, 0.29) is 11.8 Å². The molecule has 0 radical (unpaired) electrons. The molecular weight excluding hydrogens is 448 g/mol. The first kappa shape index (κ1) is 26.0. The summed E-state index contributed by atoms with van der Waals surface area (Å²) in [4.78, 5) is 29.3. The number of aromatic nitrogens is 1. The van der Waals surface area contributed by atoms with Crippen LogP contribution in [0.1, 0.15) is 62.8 Å². The third-order valence-electron chi connectivity index (χ3n) is 7.58. The van der Waals surface area contributed by atoms with Gasteiger partial charge in [-0.25, -0.2) is 0 Å². The number of carbonyl (C=O) groups is 2. The highest BCUT2D eigenvalue weighted by molar-refractivity contribution is 5.94. The Kier molecular flexibility index (Phi) is 8.47. The lowest BCUT2D eigenvalue weighted by molar-refractivity contribution is -0.133. The quantitative estimate of drug-likeness (QED) is 0.284. The van der Waals surface area contributed by atoms with Crippen molar-refractivity contribution in [2.45, 2.75) is 76.8 Å². The zero-order valence-corrected chi connectivity index (χ0v) is 21.6. The molecule has 0 bridgehead atoms. The number of hydrogen-bond donors (Lipinski definition) is 4. The van der Waals surface area contributed by atoms with E-state index < -0.39 is 17.5 Å². The Hall–Kier alpha value is -3.12. The van der Waals surface area contributed by atoms with Crippen LogP contribution in [-0.4, -0.2) is 34.9 Å². The van der Waals surface area contributed by atoms with Gasteiger partial charge in [-0.3, -0.25) is 9.59 Å². The molecule has 192 valence electrons. The predicted octanol–water partition coefficient (Wildman–Crippen LogP) is 4.41. The fourth-order valence-corrected chi connectivity index (χ4v) is 5.45. The number of H-pyrrole nitrogens is 1. The van der Waals surface area contributed by atoms with E-state index in [4.69, 9.17) is 5.73 Å². The minimum absolute atomic E-state index is 0.0691. The largest absolute Gasteiger partial charge is 0.368 e. The van der Waals surface area contributed by atoms with Crippen LogP contribution in [0.15, 0.2) is 54.6 Å². The van der Waals surface area contributed by atoms with Crippen LogP contribution in [0, 0.1) is 5.92 Å². The number of nitrogens with one attached hydrogen (secondary N) is 3. The second-order valence-corrected chi connectivity index (χ2v) is 10.6. The fourth-order valence-electron chi connectivity index (χ4n) is 5.45. The average Bonchev–Trinajstić information content (AvgIpc) is 3.24. The minimum Gasteiger partial charge on any atom is -0.368 e. The monoisotopic (exact) mass is 488 g/mol. The lowest BCUT2D eigenvalue weighted by atomic mass is 9.78. The summed E-state index contributed by atoms with van der Waals surface area (Å²) in [5, 5.41) is 7.80. The lowest BCUT2D eigenvalue weighted by Gasteiger charge is -2.38. The van der Waals surface area contributed by atoms with E-state index >= 15 is 0 Å². The summed E-state index contributed by atoms with van der Waals surface area (Å²) in [6, 6.07) is 18.2. The standard InChI is InChI=1S/C30H40N4O2/c1-21(2)27(28(31)35)34-29(36)30(32-19-11-4-3-6-12-22-13-7-5-8-14-22)18-17-26-24(20-30)23-15-9-10-16-25(23)33-26/h5,7-10,13-16,21,27,32-33H,3-4,6,11-12,17-20H2,1-2H3,(H2,31,35)(H,34,36)/t27-,30+/m0/s1. The molecule has 2 atom stereocenters. The molecule has 1 aliphatic rings. The number of rotatable bonds is 12. The van der Waals surface area contributed by atoms with Crippen molar-refractivity contribution in [3.63, 3.8) is 0 Å². The van der Waals surface area contributed by atoms with Gasteiger partial charge in [-0.1, -0.05) is 75.2 Å². The van der Waals surface area contributed by atoms with Gasteiger partial charge in [-0.2, -0.15) is 0 Å². The third-order valence-corrected chi connectivity index (χ3v) is 7.58. The van der Waals surface area contributed by atoms with Gasteiger partial charge in [-0.15, -0.1) is 0 Å². The number of fused-ring (bicyclic) bond motifs is 3. The van der Waals surface area contributed by atoms with Gasteiger partial charge in [0.25, 0.3) is 0 Å². The van der Waals surface area contributed by atoms with Crippen molar-refractivity contribution in [3.05, 3.63) is 71.4 Å². The van der Waals surface area contributed by atoms with Gasteiger partial charge in [0.2, 0.25) is 11.8 Å². The highest BCUT2D eigenvalue weighted by atomic mass is 16.2. The van der Waals surface area contributed by atoms with E-state index in [1.54, 1.807) is 0 Å². The number of benzene rings is 2. The smallest absolute Gasteiger partial charge is 0.241 e. The number of nitrogens with two attached hydrogens (primary N) is 1. The normalized spacial score (nSPS) is 18.2. The second kappa shape index (κ2) is 11.7. The molecule has 1 aliphatic carbocycles. The number of aryl methyl sites for hydroxylation is 2. The molecule has 0 saturated heterocycles. The van der Waals surface area contributed by atoms with Crippen LogP contribution in [0.5, 0.6) is 0 Å². The first-order valence-electron chi connectivity index (χ1n) is 13.4. The van der Waals surface area contributed by atoms with Crippen LogP contribution in [0.4, 0.5) is 0 Å². The molecule has 0 saturated carbocycles. The first-order valence-corrected chi connectivity index (χ1v) is 13.4. The van der Waals surface area contributed by atoms with Crippen molar-refractivity contribution >= 4 is 22.7 Å². The van der Waals surface area contributed by atoms with Crippen molar-refractivity contribution in [1.82, 2.24) is 15.6 Å². The average molecular weight is 489 g/mol. The van der Waals surface area contributed by atoms with E-state index in [0.29, 0.717) is 12.8 Å². The maximum absolute atomic E-state index is 13.7. The van der Waals surface area contributed by atoms with Crippen LogP contribution in [-0.2, 0) is 28.9 Å². The molecule has 6 nitrogen and oxygen atoms in total. The van der Waals surface area contributed by atoms with Crippen LogP contribution >= 0.6 is 0 Å². The maximum Gasteiger partial charge on any atom is 0.241 e. The zero-order valence-electron chi connectivity index (χ0n) is 21.6. The number of primary amides is 1. The predicted molar refractivity (Wildman–Crippen MR) is 146 cm³/mol. The Morgan fingerprint density at radius 1 is 1.00 bits per heavy atom. The molecule has 0 unspecified atom stereocenters. The van der Waals surface area contributed by atoms with Gasteiger partial charge in [-0.05, 0) is 61.8 Å². The summed E-state index contributed by atoms with van der Waals surface area (Å²) < 4.78 is 0. The highest BCUT2D eigenvalue weighted by Crippen LogP contribution is 2.34. The highest BCUT2D eigenvalue weighted by Gasteiger charge is 2.43. The summed E-state index contributed by atoms with van der Waals surface area (Å²) in [5.74, 6) is -0.684. The number of amides is 2. The van der Waals surface area contributed by atoms with Gasteiger partial charge in [0, 0.05) is 23.0 Å². The van der Waals surface area contributed by atoms with Crippen LogP contribution in [0.3, 0.4) is 0 Å². The Morgan fingerprint density at radius 2 is 1.72 bits per heavy atom. The lowest BCUT2D eigenvalue weighted by Crippen LogP contribution is -2.63. The van der Waals surface area contributed by atoms with E-state index in [1.807, 2.05) is 26.0 Å². The molecule has 3 aromatic rings. The Bertz CT molecular complexity index is 1170. The number of carbonyl (C=O) groups excluding carboxylic acids is 2. The van der Waals surface area contributed by atoms with Gasteiger partial charge >= 0.3 is 0 Å². The first-order chi connectivity index (χ1) is 17.4. The number of para-hydroxylation sites is 1. The van der Waals surface area contributed by atoms with Gasteiger partial charge in [0.1, 0.15) is 11.6 Å². The van der Waals surface area contributed by atoms with Crippen molar-refractivity contribution in [2.24, 2.45) is 11.7 Å². The van der Waals surface area contributed by atoms with E-state index in [1.165, 1.54) is 35.0 Å². The molecule has 2 aromatic carbocycles. The van der Waals surface area contributed by atoms with Gasteiger partial charge in [0.05, 0.1) is 0 Å². The van der Waals surface area contributed by atoms with Crippen molar-refractivity contribution < 1.29 is 9.59 Å². The number of unbranched alkanes of at least 4 members (excludes halogenated alkanes) is 3. The van der Waals surface area contributed by atoms with Crippen molar-refractivity contribution in [3.8, 4) is 0 Å². The fraction of sp³-hybridized carbons (Fsp3) is 0.467. The van der Waals surface area contributed by atoms with E-state index in [2.05, 4.69) is 58.1 Å². The topological polar surface area (TPSA) is 100 Å². The van der Waals surface area contributed by atoms with E-state index in [0.717, 1.165) is 37.7 Å². The molecule has 5 N–H and O–H groups in total. The molecule has 0 aliphatic heterocycles. The number of hydrogen-bond acceptors (Lipinski definition) is 3. The molecule has 4 rings (SSSR count). The van der Waals surface area contributed by atoms with Gasteiger partial charge in [0.15, 0.2) is 0 Å². The molecule has 0 spiro atoms. The summed E-state index contributed by atoms with van der Waals surface area (Å²) in [6.07, 6.45) is 7.62. The molecule has 1 aromatic heterocycles. The summed E-state index contributed by atoms with van der Waals surface area (Å²) in [7, 11) is 0. The molecule has 1 heterocycles. The molecule has 6 heteroatoms. The summed E-state index contributed by atoms with van der Waals surface area (Å²) >= 11 is 0. The third kappa shape index (κ3) is 5.98. The Balaban J connectivity index is 1.42. The van der Waals surface area contributed by atoms with Crippen LogP contribution < -0.4 is 16.4 Å². The second-order valence-electron chi connectivity index (χ2n) is 10.6. The Morgan fingerprint density at radius 3 is 2.47 bits per heavy atom. The molecule has 2 amide bonds. The SMILES string of the molecule is CC(C)[C@H](NC(=O)[C@@]1(NCCCCCCc2ccccc2)CCc2[nH]c3ccccc3c2C1)C(N)=O. The number of aromatic amines is 1. The molecule has 0 fully saturated rings. The van der Waals surface area contributed by atoms with Crippen LogP contribution in [0.25, 0.3) is 10.9 Å². The minimum atomic E-state index is -0.759. The Labute approximate surface area is 214 Å². The summed E-state index contributed by atoms with van der Waals surface area (Å²) in [5.41, 5.74) is 9.76. The van der Waals surface area contributed by atoms with Crippen LogP contribution in [0.2, 0.25) is 0 Å². The zero-order chi connectivity index (χ0) is 25.5. The molecule has 36 heavy (non-hydrogen) atoms. The van der Waals surface area contributed by atoms with Crippen molar-refractivity contribution in [2.75, 3.05) is 6.54 Å².